The van der Waals surface area contributed by atoms with Gasteiger partial charge in [0.05, 0.1) is 12.0 Å². The van der Waals surface area contributed by atoms with Gasteiger partial charge in [0.2, 0.25) is 0 Å². The summed E-state index contributed by atoms with van der Waals surface area (Å²) in [6, 6.07) is 14.1. The first-order valence-corrected chi connectivity index (χ1v) is 10.3. The molecule has 5 nitrogen and oxygen atoms in total. The van der Waals surface area contributed by atoms with E-state index in [9.17, 15) is 9.90 Å². The van der Waals surface area contributed by atoms with Gasteiger partial charge in [0.1, 0.15) is 0 Å². The van der Waals surface area contributed by atoms with Gasteiger partial charge in [-0.05, 0) is 48.4 Å². The van der Waals surface area contributed by atoms with Gasteiger partial charge in [0, 0.05) is 41.1 Å². The van der Waals surface area contributed by atoms with Crippen LogP contribution in [-0.2, 0) is 16.6 Å². The monoisotopic (exact) mass is 397 g/mol. The van der Waals surface area contributed by atoms with Gasteiger partial charge in [-0.25, -0.2) is 9.97 Å². The highest BCUT2D eigenvalue weighted by atomic mass is 16.2. The van der Waals surface area contributed by atoms with E-state index in [2.05, 4.69) is 22.1 Å². The Labute approximate surface area is 175 Å². The molecular formula is C25H23N3O2. The molecule has 0 saturated heterocycles. The minimum Gasteiger partial charge on any atom is -0.515 e. The van der Waals surface area contributed by atoms with E-state index in [1.54, 1.807) is 12.4 Å². The van der Waals surface area contributed by atoms with Crippen LogP contribution in [0, 0.1) is 11.8 Å². The molecule has 5 rings (SSSR count). The Bertz CT molecular complexity index is 1130. The third-order valence-corrected chi connectivity index (χ3v) is 6.83. The van der Waals surface area contributed by atoms with Crippen molar-refractivity contribution in [3.63, 3.8) is 0 Å². The molecule has 0 bridgehead atoms. The highest BCUT2D eigenvalue weighted by Gasteiger charge is 2.54. The zero-order chi connectivity index (χ0) is 20.7. The average molecular weight is 397 g/mol. The first-order chi connectivity index (χ1) is 14.6. The zero-order valence-electron chi connectivity index (χ0n) is 16.8. The molecule has 1 aromatic carbocycles. The second kappa shape index (κ2) is 7.17. The summed E-state index contributed by atoms with van der Waals surface area (Å²) in [7, 11) is 0. The predicted octanol–water partition coefficient (Wildman–Crippen LogP) is 4.44. The van der Waals surface area contributed by atoms with Crippen molar-refractivity contribution in [1.29, 1.82) is 0 Å². The smallest absolute Gasteiger partial charge is 0.165 e. The van der Waals surface area contributed by atoms with Gasteiger partial charge in [0.15, 0.2) is 11.6 Å². The summed E-state index contributed by atoms with van der Waals surface area (Å²) >= 11 is 0. The van der Waals surface area contributed by atoms with Crippen molar-refractivity contribution in [2.45, 2.75) is 31.6 Å². The standard InChI is InChI=1S/C25H23N3O2/c1-16-21-8-7-18-14-27-24(17-9-11-26-12-10-17)28-23(18)25(21,13-19(15-29)22(16)30)20-5-3-2-4-6-20/h2-6,9-12,14-16,21,29H,7-8,13H2,1H3/b19-15-/t16-,21-,25+/m0/s1. The van der Waals surface area contributed by atoms with Gasteiger partial charge in [-0.15, -0.1) is 0 Å². The van der Waals surface area contributed by atoms with Gasteiger partial charge in [-0.2, -0.15) is 0 Å². The molecule has 30 heavy (non-hydrogen) atoms. The van der Waals surface area contributed by atoms with E-state index in [1.807, 2.05) is 43.5 Å². The van der Waals surface area contributed by atoms with E-state index >= 15 is 0 Å². The van der Waals surface area contributed by atoms with Crippen LogP contribution >= 0.6 is 0 Å². The Morgan fingerprint density at radius 2 is 1.90 bits per heavy atom. The maximum atomic E-state index is 12.9. The molecule has 2 aromatic heterocycles. The molecule has 5 heteroatoms. The number of nitrogens with zero attached hydrogens (tertiary/aromatic N) is 3. The van der Waals surface area contributed by atoms with Crippen molar-refractivity contribution < 1.29 is 9.90 Å². The van der Waals surface area contributed by atoms with E-state index in [0.29, 0.717) is 17.8 Å². The van der Waals surface area contributed by atoms with Crippen molar-refractivity contribution in [3.8, 4) is 11.4 Å². The maximum absolute atomic E-state index is 12.9. The van der Waals surface area contributed by atoms with E-state index in [0.717, 1.165) is 41.5 Å². The molecule has 150 valence electrons. The summed E-state index contributed by atoms with van der Waals surface area (Å²) < 4.78 is 0. The molecule has 3 aromatic rings. The second-order valence-corrected chi connectivity index (χ2v) is 8.27. The zero-order valence-corrected chi connectivity index (χ0v) is 16.8. The Kier molecular flexibility index (Phi) is 4.46. The summed E-state index contributed by atoms with van der Waals surface area (Å²) in [6.07, 6.45) is 8.60. The molecule has 1 saturated carbocycles. The summed E-state index contributed by atoms with van der Waals surface area (Å²) in [5.41, 5.74) is 4.14. The Morgan fingerprint density at radius 3 is 2.63 bits per heavy atom. The SMILES string of the molecule is C[C@@H]1C(=O)/C(=C\O)C[C@]2(c3ccccc3)c3nc(-c4ccncc4)ncc3CC[C@@H]12. The number of carbonyl (C=O) groups excluding carboxylic acids is 1. The number of hydrogen-bond donors (Lipinski definition) is 1. The van der Waals surface area contributed by atoms with Crippen LogP contribution in [0.15, 0.2) is 72.9 Å². The Morgan fingerprint density at radius 1 is 1.13 bits per heavy atom. The van der Waals surface area contributed by atoms with Gasteiger partial charge in [-0.1, -0.05) is 37.3 Å². The number of Topliss-reactive ketones (excluding diaryl/α,β-unsaturated/α-hetero) is 1. The average Bonchev–Trinajstić information content (AvgIpc) is 2.82. The van der Waals surface area contributed by atoms with E-state index < -0.39 is 5.41 Å². The second-order valence-electron chi connectivity index (χ2n) is 8.27. The van der Waals surface area contributed by atoms with Crippen LogP contribution in [0.1, 0.15) is 36.6 Å². The highest BCUT2D eigenvalue weighted by molar-refractivity contribution is 5.98. The van der Waals surface area contributed by atoms with Crippen molar-refractivity contribution >= 4 is 5.78 Å². The minimum atomic E-state index is -0.471. The summed E-state index contributed by atoms with van der Waals surface area (Å²) in [4.78, 5) is 26.7. The highest BCUT2D eigenvalue weighted by Crippen LogP contribution is 2.55. The molecule has 2 heterocycles. The first kappa shape index (κ1) is 18.7. The normalized spacial score (nSPS) is 26.8. The number of pyridine rings is 1. The Balaban J connectivity index is 1.78. The van der Waals surface area contributed by atoms with Crippen LogP contribution in [0.5, 0.6) is 0 Å². The fourth-order valence-electron chi connectivity index (χ4n) is 5.40. The largest absolute Gasteiger partial charge is 0.515 e. The molecule has 3 atom stereocenters. The number of carbonyl (C=O) groups is 1. The van der Waals surface area contributed by atoms with Crippen LogP contribution in [-0.4, -0.2) is 25.8 Å². The number of hydrogen-bond acceptors (Lipinski definition) is 5. The molecule has 0 amide bonds. The van der Waals surface area contributed by atoms with Gasteiger partial charge >= 0.3 is 0 Å². The molecule has 2 aliphatic rings. The minimum absolute atomic E-state index is 0.0425. The lowest BCUT2D eigenvalue weighted by Crippen LogP contribution is -2.51. The van der Waals surface area contributed by atoms with Crippen LogP contribution in [0.2, 0.25) is 0 Å². The third-order valence-electron chi connectivity index (χ3n) is 6.83. The topological polar surface area (TPSA) is 76.0 Å². The third kappa shape index (κ3) is 2.69. The van der Waals surface area contributed by atoms with Crippen LogP contribution in [0.3, 0.4) is 0 Å². The maximum Gasteiger partial charge on any atom is 0.165 e. The van der Waals surface area contributed by atoms with Crippen LogP contribution < -0.4 is 0 Å². The number of aliphatic hydroxyl groups excluding tert-OH is 1. The number of fused-ring (bicyclic) bond motifs is 3. The van der Waals surface area contributed by atoms with E-state index in [-0.39, 0.29) is 17.6 Å². The lowest BCUT2D eigenvalue weighted by Gasteiger charge is -2.50. The van der Waals surface area contributed by atoms with Crippen molar-refractivity contribution in [2.75, 3.05) is 0 Å². The number of ketones is 1. The molecule has 0 aliphatic heterocycles. The lowest BCUT2D eigenvalue weighted by atomic mass is 9.52. The molecule has 0 radical (unpaired) electrons. The summed E-state index contributed by atoms with van der Waals surface area (Å²) in [5.74, 6) is 0.626. The number of aromatic nitrogens is 3. The fourth-order valence-corrected chi connectivity index (χ4v) is 5.40. The first-order valence-electron chi connectivity index (χ1n) is 10.3. The van der Waals surface area contributed by atoms with Crippen molar-refractivity contribution in [1.82, 2.24) is 15.0 Å². The van der Waals surface area contributed by atoms with E-state index in [4.69, 9.17) is 4.98 Å². The molecule has 1 N–H and O–H groups in total. The Hall–Kier alpha value is -3.34. The fraction of sp³-hybridized carbons (Fsp3) is 0.280. The van der Waals surface area contributed by atoms with Crippen LogP contribution in [0.4, 0.5) is 0 Å². The number of benzene rings is 1. The van der Waals surface area contributed by atoms with Crippen LogP contribution in [0.25, 0.3) is 11.4 Å². The molecule has 2 aliphatic carbocycles. The van der Waals surface area contributed by atoms with Crippen molar-refractivity contribution in [2.24, 2.45) is 11.8 Å². The predicted molar refractivity (Wildman–Crippen MR) is 114 cm³/mol. The quantitative estimate of drug-likeness (QED) is 0.511. The van der Waals surface area contributed by atoms with Gasteiger partial charge < -0.3 is 5.11 Å². The van der Waals surface area contributed by atoms with Gasteiger partial charge in [0.25, 0.3) is 0 Å². The molecule has 0 spiro atoms. The number of aryl methyl sites for hydroxylation is 1. The molecule has 0 unspecified atom stereocenters. The number of rotatable bonds is 2. The summed E-state index contributed by atoms with van der Waals surface area (Å²) in [6.45, 7) is 1.99. The molecule has 1 fully saturated rings. The van der Waals surface area contributed by atoms with E-state index in [1.165, 1.54) is 0 Å². The van der Waals surface area contributed by atoms with Crippen molar-refractivity contribution in [3.05, 3.63) is 89.7 Å². The number of allylic oxidation sites excluding steroid dienone is 1. The lowest BCUT2D eigenvalue weighted by molar-refractivity contribution is -0.123. The molecular weight excluding hydrogens is 374 g/mol. The number of aliphatic hydroxyl groups is 1. The summed E-state index contributed by atoms with van der Waals surface area (Å²) in [5, 5.41) is 9.89. The van der Waals surface area contributed by atoms with Gasteiger partial charge in [-0.3, -0.25) is 9.78 Å².